The summed E-state index contributed by atoms with van der Waals surface area (Å²) in [7, 11) is 4.00. The molecule has 0 bridgehead atoms. The van der Waals surface area contributed by atoms with Crippen LogP contribution in [0.2, 0.25) is 0 Å². The van der Waals surface area contributed by atoms with Crippen LogP contribution in [0.15, 0.2) is 18.7 Å². The van der Waals surface area contributed by atoms with Crippen molar-refractivity contribution in [3.05, 3.63) is 34.0 Å². The van der Waals surface area contributed by atoms with Crippen LogP contribution in [0, 0.1) is 15.3 Å². The van der Waals surface area contributed by atoms with Crippen LogP contribution in [0.5, 0.6) is 0 Å². The second kappa shape index (κ2) is 4.26. The van der Waals surface area contributed by atoms with E-state index in [0.29, 0.717) is 0 Å². The number of imidazole rings is 1. The molecule has 0 radical (unpaired) electrons. The van der Waals surface area contributed by atoms with Crippen molar-refractivity contribution in [3.63, 3.8) is 0 Å². The Morgan fingerprint density at radius 3 is 2.09 bits per heavy atom. The molecule has 6 nitrogen and oxygen atoms in total. The second-order valence-electron chi connectivity index (χ2n) is 1.97. The first kappa shape index (κ1) is 9.41. The third kappa shape index (κ3) is 6.29. The van der Waals surface area contributed by atoms with Crippen LogP contribution in [-0.4, -0.2) is 9.65 Å². The van der Waals surface area contributed by atoms with Gasteiger partial charge in [-0.2, -0.15) is 0 Å². The second-order valence-corrected chi connectivity index (χ2v) is 1.97. The van der Waals surface area contributed by atoms with Crippen molar-refractivity contribution in [2.75, 3.05) is 0 Å². The van der Waals surface area contributed by atoms with E-state index in [1.807, 2.05) is 42.0 Å². The van der Waals surface area contributed by atoms with Crippen molar-refractivity contribution in [3.8, 4) is 0 Å². The normalized spacial score (nSPS) is 8.18. The summed E-state index contributed by atoms with van der Waals surface area (Å²) in [4.78, 5) is 8.25. The molecule has 0 amide bonds. The van der Waals surface area contributed by atoms with Crippen LogP contribution in [-0.2, 0) is 14.1 Å². The van der Waals surface area contributed by atoms with Gasteiger partial charge in [-0.15, -0.1) is 0 Å². The molecule has 0 fully saturated rings. The largest absolute Gasteiger partial charge is 0.356 e. The lowest BCUT2D eigenvalue weighted by Gasteiger charge is -1.74. The van der Waals surface area contributed by atoms with Crippen molar-refractivity contribution in [1.29, 1.82) is 0 Å². The lowest BCUT2D eigenvalue weighted by molar-refractivity contribution is -0.670. The van der Waals surface area contributed by atoms with Gasteiger partial charge in [-0.05, 0) is 0 Å². The first-order valence-electron chi connectivity index (χ1n) is 2.81. The van der Waals surface area contributed by atoms with Gasteiger partial charge in [0, 0.05) is 0 Å². The molecular formula is C5H9N3O3. The molecule has 0 saturated heterocycles. The first-order chi connectivity index (χ1) is 5.02. The van der Waals surface area contributed by atoms with E-state index in [4.69, 9.17) is 15.3 Å². The molecule has 0 spiro atoms. The Kier molecular flexibility index (Phi) is 3.65. The van der Waals surface area contributed by atoms with Gasteiger partial charge in [-0.3, -0.25) is 0 Å². The van der Waals surface area contributed by atoms with E-state index >= 15 is 0 Å². The molecule has 0 aliphatic rings. The van der Waals surface area contributed by atoms with Gasteiger partial charge in [-0.1, -0.05) is 0 Å². The van der Waals surface area contributed by atoms with E-state index in [9.17, 15) is 0 Å². The minimum Gasteiger partial charge on any atom is -0.356 e. The highest BCUT2D eigenvalue weighted by molar-refractivity contribution is 4.60. The smallest absolute Gasteiger partial charge is 0.243 e. The summed E-state index contributed by atoms with van der Waals surface area (Å²) in [6.07, 6.45) is 6.00. The molecule has 11 heavy (non-hydrogen) atoms. The fraction of sp³-hybridized carbons (Fsp3) is 0.400. The zero-order valence-electron chi connectivity index (χ0n) is 6.30. The SMILES string of the molecule is Cn1cc[n+](C)c1.O=[N+]([O-])[O-]. The van der Waals surface area contributed by atoms with E-state index in [-0.39, 0.29) is 0 Å². The maximum absolute atomic E-state index is 8.25. The maximum atomic E-state index is 8.25. The Morgan fingerprint density at radius 2 is 2.00 bits per heavy atom. The number of rotatable bonds is 0. The third-order valence-electron chi connectivity index (χ3n) is 0.901. The van der Waals surface area contributed by atoms with Crippen LogP contribution in [0.25, 0.3) is 0 Å². The Morgan fingerprint density at radius 1 is 1.55 bits per heavy atom. The van der Waals surface area contributed by atoms with Crippen LogP contribution in [0.4, 0.5) is 0 Å². The van der Waals surface area contributed by atoms with Crippen LogP contribution in [0.3, 0.4) is 0 Å². The fourth-order valence-electron chi connectivity index (χ4n) is 0.575. The summed E-state index contributed by atoms with van der Waals surface area (Å²) >= 11 is 0. The highest BCUT2D eigenvalue weighted by Crippen LogP contribution is 1.70. The Labute approximate surface area is 63.4 Å². The van der Waals surface area contributed by atoms with Crippen molar-refractivity contribution in [2.24, 2.45) is 14.1 Å². The lowest BCUT2D eigenvalue weighted by atomic mass is 10.9. The number of aryl methyl sites for hydroxylation is 2. The number of hydrogen-bond acceptors (Lipinski definition) is 3. The number of hydrogen-bond donors (Lipinski definition) is 0. The van der Waals surface area contributed by atoms with Crippen molar-refractivity contribution >= 4 is 0 Å². The summed E-state index contributed by atoms with van der Waals surface area (Å²) in [5.74, 6) is 0. The molecule has 1 heterocycles. The molecule has 1 aromatic rings. The van der Waals surface area contributed by atoms with Gasteiger partial charge in [0.2, 0.25) is 6.33 Å². The molecule has 6 heteroatoms. The van der Waals surface area contributed by atoms with Gasteiger partial charge in [0.25, 0.3) is 0 Å². The average molecular weight is 159 g/mol. The summed E-state index contributed by atoms with van der Waals surface area (Å²) in [5.41, 5.74) is 0. The fourth-order valence-corrected chi connectivity index (χ4v) is 0.575. The highest BCUT2D eigenvalue weighted by atomic mass is 16.9. The van der Waals surface area contributed by atoms with E-state index in [2.05, 4.69) is 0 Å². The van der Waals surface area contributed by atoms with Crippen molar-refractivity contribution < 1.29 is 9.65 Å². The standard InChI is InChI=1S/C5H9N2.NO3/c1-6-3-4-7(2)5-6;2-1(3)4/h3-5H,1-2H3;/q+1;-1. The van der Waals surface area contributed by atoms with E-state index in [1.54, 1.807) is 0 Å². The molecule has 1 rings (SSSR count). The molecule has 62 valence electrons. The number of nitrogens with zero attached hydrogens (tertiary/aromatic N) is 3. The maximum Gasteiger partial charge on any atom is 0.243 e. The molecule has 1 aromatic heterocycles. The van der Waals surface area contributed by atoms with E-state index in [0.717, 1.165) is 0 Å². The van der Waals surface area contributed by atoms with E-state index < -0.39 is 5.09 Å². The first-order valence-corrected chi connectivity index (χ1v) is 2.81. The van der Waals surface area contributed by atoms with Crippen LogP contribution in [0.1, 0.15) is 0 Å². The van der Waals surface area contributed by atoms with Gasteiger partial charge in [0.1, 0.15) is 12.4 Å². The minimum absolute atomic E-state index is 1.75. The van der Waals surface area contributed by atoms with Crippen LogP contribution < -0.4 is 4.57 Å². The molecule has 0 saturated carbocycles. The monoisotopic (exact) mass is 159 g/mol. The lowest BCUT2D eigenvalue weighted by Crippen LogP contribution is -2.23. The molecule has 0 N–H and O–H groups in total. The minimum atomic E-state index is -1.75. The summed E-state index contributed by atoms with van der Waals surface area (Å²) in [6, 6.07) is 0. The van der Waals surface area contributed by atoms with Gasteiger partial charge >= 0.3 is 0 Å². The molecule has 0 aromatic carbocycles. The van der Waals surface area contributed by atoms with Gasteiger partial charge in [-0.25, -0.2) is 9.13 Å². The Balaban J connectivity index is 0.000000218. The van der Waals surface area contributed by atoms with Gasteiger partial charge in [0.05, 0.1) is 19.2 Å². The molecule has 0 atom stereocenters. The van der Waals surface area contributed by atoms with Crippen molar-refractivity contribution in [1.82, 2.24) is 4.57 Å². The zero-order chi connectivity index (χ0) is 8.85. The summed E-state index contributed by atoms with van der Waals surface area (Å²) in [5, 5.41) is 14.8. The Hall–Kier alpha value is -1.59. The van der Waals surface area contributed by atoms with Crippen LogP contribution >= 0.6 is 0 Å². The molecule has 0 aliphatic carbocycles. The molecular weight excluding hydrogens is 150 g/mol. The average Bonchev–Trinajstić information content (AvgIpc) is 2.13. The summed E-state index contributed by atoms with van der Waals surface area (Å²) in [6.45, 7) is 0. The molecule has 0 aliphatic heterocycles. The quantitative estimate of drug-likeness (QED) is 0.294. The zero-order valence-corrected chi connectivity index (χ0v) is 6.30. The predicted octanol–water partition coefficient (Wildman–Crippen LogP) is -0.390. The van der Waals surface area contributed by atoms with Gasteiger partial charge in [0.15, 0.2) is 0 Å². The Bertz CT molecular complexity index is 212. The highest BCUT2D eigenvalue weighted by Gasteiger charge is 1.87. The number of aromatic nitrogens is 2. The van der Waals surface area contributed by atoms with Crippen molar-refractivity contribution in [2.45, 2.75) is 0 Å². The van der Waals surface area contributed by atoms with Gasteiger partial charge < -0.3 is 15.3 Å². The topological polar surface area (TPSA) is 75.0 Å². The summed E-state index contributed by atoms with van der Waals surface area (Å²) < 4.78 is 4.00. The van der Waals surface area contributed by atoms with E-state index in [1.165, 1.54) is 0 Å². The third-order valence-corrected chi connectivity index (χ3v) is 0.901. The predicted molar refractivity (Wildman–Crippen MR) is 37.0 cm³/mol. The molecule has 0 unspecified atom stereocenters.